The molecule has 8 heteroatoms. The molecule has 0 aromatic carbocycles. The maximum Gasteiger partial charge on any atom is 0.303 e. The Kier molecular flexibility index (Phi) is 17.9. The summed E-state index contributed by atoms with van der Waals surface area (Å²) in [7, 11) is 0. The van der Waals surface area contributed by atoms with Crippen LogP contribution in [-0.2, 0) is 19.0 Å². The molecular weight excluding hydrogens is 440 g/mol. The molecule has 8 nitrogen and oxygen atoms in total. The minimum absolute atomic E-state index is 0.0281. The Bertz CT molecular complexity index is 495. The van der Waals surface area contributed by atoms with Crippen LogP contribution in [-0.4, -0.2) is 76.9 Å². The van der Waals surface area contributed by atoms with Crippen LogP contribution in [0.25, 0.3) is 0 Å². The zero-order valence-corrected chi connectivity index (χ0v) is 21.3. The molecule has 0 saturated carbocycles. The normalized spacial score (nSPS) is 23.6. The lowest BCUT2D eigenvalue weighted by atomic mass is 10.0. The Balaban J connectivity index is 0.000000358. The summed E-state index contributed by atoms with van der Waals surface area (Å²) >= 11 is 0. The third kappa shape index (κ3) is 12.8. The van der Waals surface area contributed by atoms with E-state index in [2.05, 4.69) is 6.92 Å². The van der Waals surface area contributed by atoms with Crippen LogP contribution in [0.4, 0.5) is 0 Å². The second-order valence-corrected chi connectivity index (χ2v) is 9.57. The number of carboxylic acids is 1. The van der Waals surface area contributed by atoms with Gasteiger partial charge in [0.05, 0.1) is 19.8 Å². The van der Waals surface area contributed by atoms with Gasteiger partial charge in [0.15, 0.2) is 0 Å². The van der Waals surface area contributed by atoms with Crippen LogP contribution in [0.5, 0.6) is 0 Å². The number of carboxylic acid groups (broad SMARTS) is 1. The number of aliphatic carboxylic acids is 1. The van der Waals surface area contributed by atoms with Gasteiger partial charge in [-0.3, -0.25) is 4.79 Å². The summed E-state index contributed by atoms with van der Waals surface area (Å²) in [5.74, 6) is -1.96. The minimum atomic E-state index is -1.31. The average molecular weight is 491 g/mol. The number of hydrogen-bond acceptors (Lipinski definition) is 7. The minimum Gasteiger partial charge on any atom is -0.481 e. The Morgan fingerprint density at radius 1 is 0.794 bits per heavy atom. The topological polar surface area (TPSA) is 126 Å². The molecule has 0 amide bonds. The molecule has 0 aromatic heterocycles. The first-order valence-corrected chi connectivity index (χ1v) is 13.5. The molecule has 2 aliphatic rings. The van der Waals surface area contributed by atoms with Crippen LogP contribution in [0.15, 0.2) is 0 Å². The second-order valence-electron chi connectivity index (χ2n) is 9.57. The van der Waals surface area contributed by atoms with Crippen molar-refractivity contribution in [3.63, 3.8) is 0 Å². The predicted molar refractivity (Wildman–Crippen MR) is 131 cm³/mol. The van der Waals surface area contributed by atoms with Crippen molar-refractivity contribution in [2.45, 2.75) is 134 Å². The number of rotatable bonds is 18. The van der Waals surface area contributed by atoms with E-state index in [9.17, 15) is 15.0 Å². The summed E-state index contributed by atoms with van der Waals surface area (Å²) in [6.07, 6.45) is 17.3. The SMILES string of the molecule is CCCCCCCCCCCCCCCCCC(=O)O.OCC1([C@H]2OC[C@H](O)[C@H]2O)OCCO1. The highest BCUT2D eigenvalue weighted by Crippen LogP contribution is 2.31. The van der Waals surface area contributed by atoms with Crippen molar-refractivity contribution in [3.05, 3.63) is 0 Å². The maximum absolute atomic E-state index is 10.3. The van der Waals surface area contributed by atoms with Crippen LogP contribution in [0.1, 0.15) is 110 Å². The van der Waals surface area contributed by atoms with Crippen molar-refractivity contribution in [2.24, 2.45) is 0 Å². The van der Waals surface area contributed by atoms with Crippen LogP contribution in [0, 0.1) is 0 Å². The smallest absolute Gasteiger partial charge is 0.303 e. The van der Waals surface area contributed by atoms with Crippen molar-refractivity contribution < 1.29 is 39.4 Å². The highest BCUT2D eigenvalue weighted by molar-refractivity contribution is 5.66. The van der Waals surface area contributed by atoms with Crippen molar-refractivity contribution >= 4 is 5.97 Å². The Morgan fingerprint density at radius 2 is 1.24 bits per heavy atom. The second kappa shape index (κ2) is 19.4. The van der Waals surface area contributed by atoms with Crippen molar-refractivity contribution in [1.82, 2.24) is 0 Å². The van der Waals surface area contributed by atoms with Gasteiger partial charge in [-0.05, 0) is 6.42 Å². The number of carbonyl (C=O) groups is 1. The summed E-state index contributed by atoms with van der Waals surface area (Å²) in [4.78, 5) is 10.3. The standard InChI is InChI=1S/C18H36O2.C8H14O6/c1-2-3-4-5-6-7-8-9-10-11-12-13-14-15-16-17-18(19)20;9-4-8(13-1-2-14-8)7-6(11)5(10)3-12-7/h2-17H2,1H3,(H,19,20);5-7,9-11H,1-4H2/t;5-,6+,7-/m.0/s1. The van der Waals surface area contributed by atoms with Gasteiger partial charge in [-0.15, -0.1) is 0 Å². The molecular formula is C26H50O8. The van der Waals surface area contributed by atoms with E-state index in [-0.39, 0.29) is 6.61 Å². The van der Waals surface area contributed by atoms with Crippen molar-refractivity contribution in [2.75, 3.05) is 26.4 Å². The Morgan fingerprint density at radius 3 is 1.59 bits per heavy atom. The molecule has 34 heavy (non-hydrogen) atoms. The van der Waals surface area contributed by atoms with Crippen molar-refractivity contribution in [3.8, 4) is 0 Å². The van der Waals surface area contributed by atoms with E-state index in [1.165, 1.54) is 83.5 Å². The molecule has 0 unspecified atom stereocenters. The highest BCUT2D eigenvalue weighted by atomic mass is 16.8. The Hall–Kier alpha value is -0.770. The molecule has 2 rings (SSSR count). The first kappa shape index (κ1) is 31.3. The van der Waals surface area contributed by atoms with E-state index < -0.39 is 36.7 Å². The molecule has 2 fully saturated rings. The summed E-state index contributed by atoms with van der Waals surface area (Å²) in [6, 6.07) is 0. The third-order valence-electron chi connectivity index (χ3n) is 6.58. The number of aliphatic hydroxyl groups is 3. The first-order chi connectivity index (χ1) is 16.5. The zero-order chi connectivity index (χ0) is 25.1. The van der Waals surface area contributed by atoms with E-state index in [0.717, 1.165) is 12.8 Å². The summed E-state index contributed by atoms with van der Waals surface area (Å²) in [6.45, 7) is 2.60. The van der Waals surface area contributed by atoms with Gasteiger partial charge in [-0.25, -0.2) is 0 Å². The molecule has 3 atom stereocenters. The quantitative estimate of drug-likeness (QED) is 0.211. The number of unbranched alkanes of at least 4 members (excludes halogenated alkanes) is 14. The van der Waals surface area contributed by atoms with Gasteiger partial charge < -0.3 is 34.6 Å². The van der Waals surface area contributed by atoms with Crippen LogP contribution in [0.2, 0.25) is 0 Å². The monoisotopic (exact) mass is 490 g/mol. The van der Waals surface area contributed by atoms with Crippen molar-refractivity contribution in [1.29, 1.82) is 0 Å². The van der Waals surface area contributed by atoms with Gasteiger partial charge in [-0.1, -0.05) is 96.8 Å². The molecule has 2 heterocycles. The molecule has 202 valence electrons. The largest absolute Gasteiger partial charge is 0.481 e. The van der Waals surface area contributed by atoms with E-state index in [4.69, 9.17) is 24.4 Å². The number of hydrogen-bond donors (Lipinski definition) is 4. The highest BCUT2D eigenvalue weighted by Gasteiger charge is 2.53. The molecule has 0 radical (unpaired) electrons. The fourth-order valence-electron chi connectivity index (χ4n) is 4.45. The van der Waals surface area contributed by atoms with Gasteiger partial charge >= 0.3 is 5.97 Å². The fraction of sp³-hybridized carbons (Fsp3) is 0.962. The van der Waals surface area contributed by atoms with Crippen LogP contribution >= 0.6 is 0 Å². The molecule has 0 aliphatic carbocycles. The van der Waals surface area contributed by atoms with E-state index in [1.54, 1.807) is 0 Å². The van der Waals surface area contributed by atoms with Gasteiger partial charge in [0.25, 0.3) is 0 Å². The molecule has 4 N–H and O–H groups in total. The van der Waals surface area contributed by atoms with E-state index >= 15 is 0 Å². The molecule has 0 bridgehead atoms. The lowest BCUT2D eigenvalue weighted by molar-refractivity contribution is -0.254. The zero-order valence-electron chi connectivity index (χ0n) is 21.3. The van der Waals surface area contributed by atoms with Gasteiger partial charge in [0, 0.05) is 6.42 Å². The maximum atomic E-state index is 10.3. The van der Waals surface area contributed by atoms with E-state index in [0.29, 0.717) is 19.6 Å². The molecule has 2 aliphatic heterocycles. The first-order valence-electron chi connectivity index (χ1n) is 13.5. The molecule has 0 aromatic rings. The fourth-order valence-corrected chi connectivity index (χ4v) is 4.45. The third-order valence-corrected chi connectivity index (χ3v) is 6.58. The predicted octanol–water partition coefficient (Wildman–Crippen LogP) is 4.17. The van der Waals surface area contributed by atoms with Gasteiger partial charge in [-0.2, -0.15) is 0 Å². The average Bonchev–Trinajstić information content (AvgIpc) is 3.44. The lowest BCUT2D eigenvalue weighted by Crippen LogP contribution is -2.52. The number of aliphatic hydroxyl groups excluding tert-OH is 3. The summed E-state index contributed by atoms with van der Waals surface area (Å²) < 4.78 is 15.6. The van der Waals surface area contributed by atoms with Gasteiger partial charge in [0.2, 0.25) is 5.79 Å². The summed E-state index contributed by atoms with van der Waals surface area (Å²) in [5.41, 5.74) is 0. The van der Waals surface area contributed by atoms with Crippen LogP contribution in [0.3, 0.4) is 0 Å². The van der Waals surface area contributed by atoms with Crippen LogP contribution < -0.4 is 0 Å². The number of ether oxygens (including phenoxy) is 3. The Labute approximate surface area is 206 Å². The lowest BCUT2D eigenvalue weighted by Gasteiger charge is -2.32. The van der Waals surface area contributed by atoms with Gasteiger partial charge in [0.1, 0.15) is 24.9 Å². The van der Waals surface area contributed by atoms with E-state index in [1.807, 2.05) is 0 Å². The molecule has 2 saturated heterocycles. The molecule has 0 spiro atoms. The summed E-state index contributed by atoms with van der Waals surface area (Å²) in [5, 5.41) is 36.5.